The molecule has 3 aromatic rings. The summed E-state index contributed by atoms with van der Waals surface area (Å²) in [7, 11) is -1.70. The van der Waals surface area contributed by atoms with Gasteiger partial charge in [-0.3, -0.25) is 0 Å². The van der Waals surface area contributed by atoms with Gasteiger partial charge in [-0.25, -0.2) is 0 Å². The average molecular weight is 460 g/mol. The average Bonchev–Trinajstić information content (AvgIpc) is 2.84. The lowest BCUT2D eigenvalue weighted by atomic mass is 9.94. The number of hydrogen-bond donors (Lipinski definition) is 0. The Morgan fingerprint density at radius 3 is 1.24 bits per heavy atom. The third kappa shape index (κ3) is 7.28. The molecule has 0 amide bonds. The van der Waals surface area contributed by atoms with E-state index in [0.29, 0.717) is 5.92 Å². The molecule has 0 fully saturated rings. The Hall–Kier alpha value is -1.91. The van der Waals surface area contributed by atoms with Gasteiger partial charge in [0.1, 0.15) is 23.2 Å². The van der Waals surface area contributed by atoms with Gasteiger partial charge in [0.15, 0.2) is 0 Å². The third-order valence-corrected chi connectivity index (χ3v) is 11.8. The van der Waals surface area contributed by atoms with Gasteiger partial charge in [0.25, 0.3) is 0 Å². The molecule has 0 N–H and O–H groups in total. The lowest BCUT2D eigenvalue weighted by Crippen LogP contribution is -2.35. The molecule has 3 rings (SSSR count). The molecule has 0 aromatic heterocycles. The van der Waals surface area contributed by atoms with E-state index in [1.165, 1.54) is 60.6 Å². The first kappa shape index (κ1) is 25.7. The minimum Gasteiger partial charge on any atom is -0.0628 e. The second-order valence-corrected chi connectivity index (χ2v) is 14.0. The van der Waals surface area contributed by atoms with Crippen molar-refractivity contribution in [3.63, 3.8) is 0 Å². The van der Waals surface area contributed by atoms with E-state index in [0.717, 1.165) is 11.8 Å². The molecule has 1 heteroatoms. The van der Waals surface area contributed by atoms with E-state index in [4.69, 9.17) is 0 Å². The monoisotopic (exact) mass is 459 g/mol. The second-order valence-electron chi connectivity index (χ2n) is 10.5. The molecule has 33 heavy (non-hydrogen) atoms. The molecule has 0 nitrogen and oxygen atoms in total. The van der Waals surface area contributed by atoms with Gasteiger partial charge in [-0.05, 0) is 60.6 Å². The molecule has 0 radical (unpaired) electrons. The van der Waals surface area contributed by atoms with Crippen LogP contribution >= 0.6 is 7.26 Å². The molecule has 2 unspecified atom stereocenters. The fourth-order valence-electron chi connectivity index (χ4n) is 5.20. The Morgan fingerprint density at radius 1 is 0.485 bits per heavy atom. The van der Waals surface area contributed by atoms with Crippen LogP contribution in [0.2, 0.25) is 0 Å². The molecule has 0 heterocycles. The van der Waals surface area contributed by atoms with Crippen LogP contribution in [0.3, 0.4) is 0 Å². The van der Waals surface area contributed by atoms with Crippen LogP contribution in [-0.2, 0) is 0 Å². The highest BCUT2D eigenvalue weighted by atomic mass is 31.2. The van der Waals surface area contributed by atoms with Gasteiger partial charge in [-0.1, -0.05) is 114 Å². The summed E-state index contributed by atoms with van der Waals surface area (Å²) in [5.41, 5.74) is 0. The summed E-state index contributed by atoms with van der Waals surface area (Å²) in [6.07, 6.45) is 9.44. The number of benzene rings is 3. The Bertz CT molecular complexity index is 804. The summed E-state index contributed by atoms with van der Waals surface area (Å²) >= 11 is 0. The van der Waals surface area contributed by atoms with Gasteiger partial charge in [0.2, 0.25) is 0 Å². The second kappa shape index (κ2) is 13.1. The standard InChI is InChI=1S/C32H44P/c1-27(2)16-14-17-28(3)18-15-19-29(4)26-33(30-20-8-5-9-21-30,31-22-10-6-11-23-31)32-24-12-7-13-25-32/h5-13,20-25,27-29H,14-19,26H2,1-4H3/q+1. The smallest absolute Gasteiger partial charge is 0.0628 e. The van der Waals surface area contributed by atoms with Gasteiger partial charge in [0, 0.05) is 0 Å². The maximum absolute atomic E-state index is 2.49. The van der Waals surface area contributed by atoms with Crippen LogP contribution in [0, 0.1) is 17.8 Å². The Labute approximate surface area is 204 Å². The number of hydrogen-bond acceptors (Lipinski definition) is 0. The van der Waals surface area contributed by atoms with Crippen molar-refractivity contribution in [2.45, 2.75) is 66.2 Å². The summed E-state index contributed by atoms with van der Waals surface area (Å²) in [5.74, 6) is 2.39. The fraction of sp³-hybridized carbons (Fsp3) is 0.438. The normalized spacial score (nSPS) is 13.7. The van der Waals surface area contributed by atoms with Gasteiger partial charge >= 0.3 is 0 Å². The molecule has 0 saturated carbocycles. The first-order chi connectivity index (χ1) is 16.0. The molecule has 0 spiro atoms. The molecule has 0 aliphatic heterocycles. The summed E-state index contributed by atoms with van der Waals surface area (Å²) in [6.45, 7) is 9.63. The van der Waals surface area contributed by atoms with E-state index >= 15 is 0 Å². The van der Waals surface area contributed by atoms with E-state index in [1.54, 1.807) is 0 Å². The highest BCUT2D eigenvalue weighted by Gasteiger charge is 2.45. The number of rotatable bonds is 13. The Morgan fingerprint density at radius 2 is 0.848 bits per heavy atom. The topological polar surface area (TPSA) is 0 Å². The predicted molar refractivity (Wildman–Crippen MR) is 151 cm³/mol. The predicted octanol–water partition coefficient (Wildman–Crippen LogP) is 8.25. The van der Waals surface area contributed by atoms with Crippen LogP contribution in [-0.4, -0.2) is 6.16 Å². The van der Waals surface area contributed by atoms with E-state index in [-0.39, 0.29) is 0 Å². The van der Waals surface area contributed by atoms with Gasteiger partial charge in [-0.15, -0.1) is 0 Å². The van der Waals surface area contributed by atoms with Gasteiger partial charge < -0.3 is 0 Å². The molecular weight excluding hydrogens is 415 g/mol. The van der Waals surface area contributed by atoms with E-state index in [2.05, 4.69) is 119 Å². The van der Waals surface area contributed by atoms with E-state index in [9.17, 15) is 0 Å². The first-order valence-corrected chi connectivity index (χ1v) is 15.0. The molecule has 0 saturated heterocycles. The molecule has 176 valence electrons. The molecule has 0 bridgehead atoms. The maximum atomic E-state index is 2.49. The van der Waals surface area contributed by atoms with Gasteiger partial charge in [-0.2, -0.15) is 0 Å². The van der Waals surface area contributed by atoms with Crippen LogP contribution in [0.5, 0.6) is 0 Å². The van der Waals surface area contributed by atoms with Crippen molar-refractivity contribution in [3.05, 3.63) is 91.0 Å². The zero-order valence-corrected chi connectivity index (χ0v) is 22.2. The third-order valence-electron chi connectivity index (χ3n) is 7.05. The van der Waals surface area contributed by atoms with Gasteiger partial charge in [0.05, 0.1) is 6.16 Å². The minimum atomic E-state index is -1.70. The minimum absolute atomic E-state index is 0.696. The van der Waals surface area contributed by atoms with Crippen molar-refractivity contribution < 1.29 is 0 Å². The molecule has 2 atom stereocenters. The molecular formula is C32H44P+. The van der Waals surface area contributed by atoms with Crippen molar-refractivity contribution in [2.24, 2.45) is 17.8 Å². The zero-order chi connectivity index (χ0) is 23.5. The Balaban J connectivity index is 1.79. The molecule has 0 aliphatic rings. The summed E-state index contributed by atoms with van der Waals surface area (Å²) in [4.78, 5) is 0. The lowest BCUT2D eigenvalue weighted by Gasteiger charge is -2.30. The highest BCUT2D eigenvalue weighted by Crippen LogP contribution is 2.57. The lowest BCUT2D eigenvalue weighted by molar-refractivity contribution is 0.408. The van der Waals surface area contributed by atoms with Crippen molar-refractivity contribution >= 4 is 23.2 Å². The summed E-state index contributed by atoms with van der Waals surface area (Å²) in [6, 6.07) is 34.0. The van der Waals surface area contributed by atoms with E-state index in [1.807, 2.05) is 0 Å². The van der Waals surface area contributed by atoms with Crippen LogP contribution < -0.4 is 15.9 Å². The SMILES string of the molecule is CC(C)CCCC(C)CCCC(C)C[P+](c1ccccc1)(c1ccccc1)c1ccccc1. The largest absolute Gasteiger partial charge is 0.112 e. The van der Waals surface area contributed by atoms with Crippen molar-refractivity contribution in [1.82, 2.24) is 0 Å². The van der Waals surface area contributed by atoms with Crippen LogP contribution in [0.15, 0.2) is 91.0 Å². The van der Waals surface area contributed by atoms with Crippen molar-refractivity contribution in [2.75, 3.05) is 6.16 Å². The maximum Gasteiger partial charge on any atom is 0.112 e. The first-order valence-electron chi connectivity index (χ1n) is 13.1. The van der Waals surface area contributed by atoms with Crippen molar-refractivity contribution in [3.8, 4) is 0 Å². The Kier molecular flexibility index (Phi) is 10.2. The van der Waals surface area contributed by atoms with Crippen LogP contribution in [0.1, 0.15) is 66.2 Å². The quantitative estimate of drug-likeness (QED) is 0.226. The van der Waals surface area contributed by atoms with Crippen LogP contribution in [0.4, 0.5) is 0 Å². The van der Waals surface area contributed by atoms with E-state index < -0.39 is 7.26 Å². The fourth-order valence-corrected chi connectivity index (χ4v) is 9.89. The zero-order valence-electron chi connectivity index (χ0n) is 21.3. The summed E-state index contributed by atoms with van der Waals surface area (Å²) in [5, 5.41) is 4.53. The highest BCUT2D eigenvalue weighted by molar-refractivity contribution is 7.95. The van der Waals surface area contributed by atoms with Crippen LogP contribution in [0.25, 0.3) is 0 Å². The molecule has 3 aromatic carbocycles. The van der Waals surface area contributed by atoms with Crippen molar-refractivity contribution in [1.29, 1.82) is 0 Å². The molecule has 0 aliphatic carbocycles. The summed E-state index contributed by atoms with van der Waals surface area (Å²) < 4.78 is 0.